The molecule has 5 amide bonds. The number of amides is 5. The molecule has 1 heterocycles. The molecule has 0 spiro atoms. The van der Waals surface area contributed by atoms with Gasteiger partial charge < -0.3 is 31.9 Å². The second kappa shape index (κ2) is 20.1. The fourth-order valence-corrected chi connectivity index (χ4v) is 6.30. The van der Waals surface area contributed by atoms with Gasteiger partial charge in [0.25, 0.3) is 5.91 Å². The number of carbonyl (C=O) groups excluding carboxylic acids is 5. The van der Waals surface area contributed by atoms with Gasteiger partial charge in [-0.1, -0.05) is 81.6 Å². The lowest BCUT2D eigenvalue weighted by atomic mass is 9.85. The van der Waals surface area contributed by atoms with Crippen molar-refractivity contribution in [3.05, 3.63) is 0 Å². The summed E-state index contributed by atoms with van der Waals surface area (Å²) in [5, 5.41) is 11.8. The fraction of sp³-hybridized carbons (Fsp3) is 0.853. The van der Waals surface area contributed by atoms with Crippen LogP contribution in [-0.2, 0) is 35.2 Å². The van der Waals surface area contributed by atoms with Crippen LogP contribution in [0.3, 0.4) is 0 Å². The molecule has 1 saturated heterocycles. The third-order valence-electron chi connectivity index (χ3n) is 8.98. The zero-order chi connectivity index (χ0) is 36.8. The van der Waals surface area contributed by atoms with Crippen molar-refractivity contribution in [3.8, 4) is 0 Å². The number of primary amides is 1. The summed E-state index contributed by atoms with van der Waals surface area (Å²) in [4.78, 5) is 67.9. The number of nitrogens with zero attached hydrogens (tertiary/aromatic N) is 2. The quantitative estimate of drug-likeness (QED) is 0.0561. The first-order chi connectivity index (χ1) is 22.3. The maximum Gasteiger partial charge on any atom is 0.590 e. The number of rotatable bonds is 20. The first-order valence-electron chi connectivity index (χ1n) is 17.5. The topological polar surface area (TPSA) is 183 Å². The number of nitrogens with one attached hydrogen (secondary N) is 4. The lowest BCUT2D eigenvalue weighted by molar-refractivity contribution is -0.144. The highest BCUT2D eigenvalue weighted by Gasteiger charge is 2.47. The highest BCUT2D eigenvalue weighted by atomic mass is 32.2. The van der Waals surface area contributed by atoms with Crippen molar-refractivity contribution in [2.45, 2.75) is 131 Å². The molecule has 1 fully saturated rings. The van der Waals surface area contributed by atoms with Gasteiger partial charge in [-0.05, 0) is 66.2 Å². The summed E-state index contributed by atoms with van der Waals surface area (Å²) >= 11 is 0.390. The van der Waals surface area contributed by atoms with E-state index in [-0.39, 0.29) is 12.3 Å². The van der Waals surface area contributed by atoms with Crippen molar-refractivity contribution < 1.29 is 28.2 Å². The molecular formula is C34H64N7O6S+. The average Bonchev–Trinajstić information content (AvgIpc) is 3.42. The molecule has 0 aromatic rings. The van der Waals surface area contributed by atoms with Crippen molar-refractivity contribution in [3.63, 3.8) is 0 Å². The monoisotopic (exact) mass is 698 g/mol. The average molecular weight is 699 g/mol. The van der Waals surface area contributed by atoms with Crippen LogP contribution in [0.1, 0.15) is 107 Å². The molecule has 5 atom stereocenters. The van der Waals surface area contributed by atoms with Gasteiger partial charge >= 0.3 is 17.9 Å². The number of hydrogen-bond acceptors (Lipinski definition) is 7. The molecule has 6 N–H and O–H groups in total. The minimum absolute atomic E-state index is 0.162. The molecule has 1 rings (SSSR count). The first kappa shape index (κ1) is 43.3. The van der Waals surface area contributed by atoms with E-state index in [0.29, 0.717) is 56.7 Å². The number of hydrogen-bond donors (Lipinski definition) is 5. The number of carbonyl (C=O) groups is 5. The Hall–Kier alpha value is -2.71. The number of likely N-dealkylation sites (tertiary alicyclic amines) is 1. The van der Waals surface area contributed by atoms with Crippen LogP contribution in [0.25, 0.3) is 0 Å². The van der Waals surface area contributed by atoms with Crippen molar-refractivity contribution in [2.24, 2.45) is 28.4 Å². The standard InChI is InChI=1S/C34H63N7O6S/c1-11-12-14-24(27(42)29(35)43)37-30(44)26-23(16-15-22(2)3)17-20-41(26)31(45)28(34(7,8)9)39-32(46)38-25(33(4,5)6)21-40(48-47)19-13-18-36-10/h22-26,28,36H,11-21H2,1-10H3,(H4-,35,37,38,39,43,44,46)/p+1/t23?,24?,25-,26+,28-/m1/s1. The van der Waals surface area contributed by atoms with E-state index in [0.717, 1.165) is 25.8 Å². The largest absolute Gasteiger partial charge is 0.590 e. The van der Waals surface area contributed by atoms with E-state index in [4.69, 9.17) is 5.73 Å². The zero-order valence-electron chi connectivity index (χ0n) is 31.1. The maximum atomic E-state index is 14.4. The Morgan fingerprint density at radius 3 is 2.10 bits per heavy atom. The second-order valence-corrected chi connectivity index (χ2v) is 16.3. The molecule has 2 unspecified atom stereocenters. The maximum absolute atomic E-state index is 14.4. The lowest BCUT2D eigenvalue weighted by Gasteiger charge is -2.37. The van der Waals surface area contributed by atoms with Crippen molar-refractivity contribution in [1.29, 1.82) is 0 Å². The van der Waals surface area contributed by atoms with Gasteiger partial charge in [-0.3, -0.25) is 19.2 Å². The van der Waals surface area contributed by atoms with E-state index >= 15 is 0 Å². The zero-order valence-corrected chi connectivity index (χ0v) is 31.9. The summed E-state index contributed by atoms with van der Waals surface area (Å²) < 4.78 is 13.6. The molecular weight excluding hydrogens is 634 g/mol. The number of unbranched alkanes of at least 4 members (excludes halogenated alkanes) is 1. The van der Waals surface area contributed by atoms with Gasteiger partial charge in [0, 0.05) is 6.54 Å². The summed E-state index contributed by atoms with van der Waals surface area (Å²) in [7, 11) is 1.85. The third-order valence-corrected chi connectivity index (χ3v) is 9.52. The summed E-state index contributed by atoms with van der Waals surface area (Å²) in [6.45, 7) is 19.6. The molecule has 0 aliphatic carbocycles. The Morgan fingerprint density at radius 2 is 1.60 bits per heavy atom. The van der Waals surface area contributed by atoms with E-state index in [9.17, 15) is 28.2 Å². The molecule has 1 aliphatic rings. The Balaban J connectivity index is 3.34. The van der Waals surface area contributed by atoms with E-state index in [1.807, 2.05) is 55.5 Å². The SMILES string of the molecule is CCCCC(NC(=O)[C@@H]1C(CCC(C)C)CCN1C(=O)[C@@H](NC(=O)N[C@H](CN(CCCNC)[S+]=O)C(C)(C)C)C(C)(C)C)C(=O)C(N)=O. The highest BCUT2D eigenvalue weighted by molar-refractivity contribution is 7.62. The van der Waals surface area contributed by atoms with Crippen LogP contribution in [0.4, 0.5) is 4.79 Å². The van der Waals surface area contributed by atoms with Crippen LogP contribution >= 0.6 is 0 Å². The molecule has 0 radical (unpaired) electrons. The van der Waals surface area contributed by atoms with Gasteiger partial charge in [0.15, 0.2) is 0 Å². The molecule has 13 nitrogen and oxygen atoms in total. The van der Waals surface area contributed by atoms with Gasteiger partial charge in [0.05, 0.1) is 29.4 Å². The highest BCUT2D eigenvalue weighted by Crippen LogP contribution is 2.33. The first-order valence-corrected chi connectivity index (χ1v) is 18.2. The number of ketones is 1. The Bertz CT molecular complexity index is 1090. The molecule has 1 aliphatic heterocycles. The minimum atomic E-state index is -1.11. The van der Waals surface area contributed by atoms with Crippen LogP contribution in [0.5, 0.6) is 0 Å². The summed E-state index contributed by atoms with van der Waals surface area (Å²) in [5.74, 6) is -2.64. The normalized spacial score (nSPS) is 18.7. The lowest BCUT2D eigenvalue weighted by Crippen LogP contribution is -2.62. The molecule has 0 saturated carbocycles. The smallest absolute Gasteiger partial charge is 0.363 e. The van der Waals surface area contributed by atoms with Crippen LogP contribution < -0.4 is 27.0 Å². The van der Waals surface area contributed by atoms with Crippen LogP contribution in [0.2, 0.25) is 0 Å². The van der Waals surface area contributed by atoms with E-state index in [1.165, 1.54) is 4.90 Å². The second-order valence-electron chi connectivity index (χ2n) is 15.7. The van der Waals surface area contributed by atoms with Crippen molar-refractivity contribution in [2.75, 3.05) is 33.2 Å². The van der Waals surface area contributed by atoms with Gasteiger partial charge in [0.1, 0.15) is 12.1 Å². The van der Waals surface area contributed by atoms with Gasteiger partial charge in [0.2, 0.25) is 17.6 Å². The Kier molecular flexibility index (Phi) is 18.1. The van der Waals surface area contributed by atoms with E-state index in [1.54, 1.807) is 4.31 Å². The molecule has 0 aromatic carbocycles. The van der Waals surface area contributed by atoms with Gasteiger partial charge in [-0.25, -0.2) is 4.79 Å². The molecule has 0 aromatic heterocycles. The minimum Gasteiger partial charge on any atom is -0.363 e. The van der Waals surface area contributed by atoms with E-state index in [2.05, 4.69) is 35.1 Å². The predicted molar refractivity (Wildman–Crippen MR) is 190 cm³/mol. The van der Waals surface area contributed by atoms with Gasteiger partial charge in [-0.2, -0.15) is 0 Å². The molecule has 48 heavy (non-hydrogen) atoms. The van der Waals surface area contributed by atoms with Crippen LogP contribution in [0.15, 0.2) is 0 Å². The predicted octanol–water partition coefficient (Wildman–Crippen LogP) is 2.75. The number of urea groups is 1. The third kappa shape index (κ3) is 14.0. The van der Waals surface area contributed by atoms with E-state index < -0.39 is 64.5 Å². The number of Topliss-reactive ketones (excluding diaryl/α,β-unsaturated/α-hetero) is 1. The molecule has 276 valence electrons. The van der Waals surface area contributed by atoms with Crippen LogP contribution in [-0.4, -0.2) is 96.1 Å². The Morgan fingerprint density at radius 1 is 0.958 bits per heavy atom. The summed E-state index contributed by atoms with van der Waals surface area (Å²) in [6, 6.07) is -3.88. The van der Waals surface area contributed by atoms with Crippen LogP contribution in [0, 0.1) is 22.7 Å². The van der Waals surface area contributed by atoms with Crippen molar-refractivity contribution >= 4 is 41.4 Å². The fourth-order valence-electron chi connectivity index (χ4n) is 5.89. The summed E-state index contributed by atoms with van der Waals surface area (Å²) in [6.07, 6.45) is 4.54. The summed E-state index contributed by atoms with van der Waals surface area (Å²) in [5.41, 5.74) is 4.19. The Labute approximate surface area is 292 Å². The van der Waals surface area contributed by atoms with Crippen molar-refractivity contribution in [1.82, 2.24) is 30.5 Å². The number of nitrogens with two attached hydrogens (primary N) is 1. The molecule has 0 bridgehead atoms. The van der Waals surface area contributed by atoms with Gasteiger partial charge in [-0.15, -0.1) is 0 Å². The molecule has 14 heteroatoms.